The van der Waals surface area contributed by atoms with E-state index in [9.17, 15) is 15.2 Å². The number of carbonyl (C=O) groups excluding carboxylic acids is 1. The molecule has 1 amide bonds. The van der Waals surface area contributed by atoms with E-state index in [-0.39, 0.29) is 30.5 Å². The van der Waals surface area contributed by atoms with Gasteiger partial charge in [-0.3, -0.25) is 9.69 Å². The summed E-state index contributed by atoms with van der Waals surface area (Å²) in [4.78, 5) is 19.8. The molecule has 0 aromatic heterocycles. The maximum Gasteiger partial charge on any atom is 0.237 e. The van der Waals surface area contributed by atoms with E-state index < -0.39 is 0 Å². The fourth-order valence-electron chi connectivity index (χ4n) is 5.72. The molecule has 0 unspecified atom stereocenters. The number of amides is 1. The van der Waals surface area contributed by atoms with Gasteiger partial charge in [-0.25, -0.2) is 0 Å². The number of aliphatic hydroxyl groups is 1. The first-order chi connectivity index (χ1) is 16.1. The molecule has 5 rings (SSSR count). The molecule has 0 aliphatic carbocycles. The van der Waals surface area contributed by atoms with Gasteiger partial charge in [0.1, 0.15) is 0 Å². The van der Waals surface area contributed by atoms with E-state index in [1.54, 1.807) is 6.07 Å². The van der Waals surface area contributed by atoms with E-state index in [0.29, 0.717) is 31.9 Å². The van der Waals surface area contributed by atoms with E-state index in [1.165, 1.54) is 0 Å². The maximum absolute atomic E-state index is 13.4. The van der Waals surface area contributed by atoms with Gasteiger partial charge in [-0.1, -0.05) is 18.2 Å². The number of nitriles is 1. The zero-order valence-corrected chi connectivity index (χ0v) is 19.0. The largest absolute Gasteiger partial charge is 0.394 e. The number of benzene rings is 2. The summed E-state index contributed by atoms with van der Waals surface area (Å²) in [7, 11) is 2.03. The van der Waals surface area contributed by atoms with E-state index in [2.05, 4.69) is 34.1 Å². The molecule has 3 aliphatic heterocycles. The highest BCUT2D eigenvalue weighted by atomic mass is 16.5. The van der Waals surface area contributed by atoms with Crippen LogP contribution in [0, 0.1) is 17.2 Å². The van der Waals surface area contributed by atoms with Crippen LogP contribution in [0.2, 0.25) is 0 Å². The van der Waals surface area contributed by atoms with Crippen molar-refractivity contribution in [1.82, 2.24) is 9.80 Å². The normalized spacial score (nSPS) is 24.8. The zero-order chi connectivity index (χ0) is 22.9. The van der Waals surface area contributed by atoms with E-state index in [4.69, 9.17) is 4.74 Å². The Hall–Kier alpha value is -2.92. The molecular formula is C26H30N4O3. The third kappa shape index (κ3) is 3.99. The fraction of sp³-hybridized carbons (Fsp3) is 0.462. The lowest BCUT2D eigenvalue weighted by atomic mass is 9.81. The van der Waals surface area contributed by atoms with Crippen LogP contribution in [0.5, 0.6) is 0 Å². The fourth-order valence-corrected chi connectivity index (χ4v) is 5.72. The van der Waals surface area contributed by atoms with Crippen molar-refractivity contribution in [3.05, 3.63) is 53.6 Å². The Morgan fingerprint density at radius 1 is 1.15 bits per heavy atom. The standard InChI is InChI=1S/C26H30N4O3/c1-28-23-6-5-20(19-4-2-3-18(13-19)15-27)14-22(23)26-21(24(28)17-31)7-8-30(26)25(32)16-29-9-11-33-12-10-29/h2-6,13-14,21,24,26,31H,7-12,16-17H2,1H3/t21-,24+,26-/m0/s1. The van der Waals surface area contributed by atoms with E-state index >= 15 is 0 Å². The van der Waals surface area contributed by atoms with Gasteiger partial charge < -0.3 is 19.6 Å². The number of morpholine rings is 1. The molecule has 2 fully saturated rings. The molecule has 2 aromatic carbocycles. The average molecular weight is 447 g/mol. The van der Waals surface area contributed by atoms with Gasteiger partial charge in [-0.15, -0.1) is 0 Å². The Kier molecular flexibility index (Phi) is 6.07. The topological polar surface area (TPSA) is 80.0 Å². The number of rotatable bonds is 4. The van der Waals surface area contributed by atoms with Gasteiger partial charge in [0.25, 0.3) is 0 Å². The molecular weight excluding hydrogens is 416 g/mol. The number of fused-ring (bicyclic) bond motifs is 3. The predicted octanol–water partition coefficient (Wildman–Crippen LogP) is 2.26. The molecule has 3 heterocycles. The minimum absolute atomic E-state index is 0.0172. The lowest BCUT2D eigenvalue weighted by Crippen LogP contribution is -2.50. The molecule has 7 nitrogen and oxygen atoms in total. The highest BCUT2D eigenvalue weighted by Crippen LogP contribution is 2.49. The van der Waals surface area contributed by atoms with Crippen molar-refractivity contribution in [3.8, 4) is 17.2 Å². The molecule has 1 N–H and O–H groups in total. The van der Waals surface area contributed by atoms with Gasteiger partial charge in [0, 0.05) is 38.3 Å². The molecule has 2 aromatic rings. The first kappa shape index (κ1) is 21.9. The number of likely N-dealkylation sites (tertiary alicyclic amines) is 1. The number of ether oxygens (including phenoxy) is 1. The summed E-state index contributed by atoms with van der Waals surface area (Å²) in [5.74, 6) is 0.329. The van der Waals surface area contributed by atoms with Gasteiger partial charge in [-0.05, 0) is 47.4 Å². The zero-order valence-electron chi connectivity index (χ0n) is 19.0. The van der Waals surface area contributed by atoms with Gasteiger partial charge in [0.15, 0.2) is 0 Å². The van der Waals surface area contributed by atoms with Crippen LogP contribution < -0.4 is 4.90 Å². The molecule has 172 valence electrons. The van der Waals surface area contributed by atoms with Crippen molar-refractivity contribution >= 4 is 11.6 Å². The van der Waals surface area contributed by atoms with E-state index in [1.807, 2.05) is 30.1 Å². The first-order valence-electron chi connectivity index (χ1n) is 11.7. The van der Waals surface area contributed by atoms with E-state index in [0.717, 1.165) is 41.9 Å². The molecule has 2 saturated heterocycles. The number of hydrogen-bond acceptors (Lipinski definition) is 6. The van der Waals surface area contributed by atoms with Crippen LogP contribution in [0.1, 0.15) is 23.6 Å². The molecule has 33 heavy (non-hydrogen) atoms. The highest BCUT2D eigenvalue weighted by molar-refractivity contribution is 5.80. The second-order valence-electron chi connectivity index (χ2n) is 9.20. The summed E-state index contributed by atoms with van der Waals surface area (Å²) in [6.07, 6.45) is 0.878. The summed E-state index contributed by atoms with van der Waals surface area (Å²) in [5, 5.41) is 19.5. The molecule has 3 aliphatic rings. The molecule has 0 radical (unpaired) electrons. The van der Waals surface area contributed by atoms with Crippen LogP contribution in [0.15, 0.2) is 42.5 Å². The van der Waals surface area contributed by atoms with Crippen molar-refractivity contribution in [3.63, 3.8) is 0 Å². The van der Waals surface area contributed by atoms with Crippen LogP contribution in [-0.4, -0.2) is 79.9 Å². The highest BCUT2D eigenvalue weighted by Gasteiger charge is 2.47. The molecule has 0 saturated carbocycles. The molecule has 3 atom stereocenters. The predicted molar refractivity (Wildman–Crippen MR) is 126 cm³/mol. The maximum atomic E-state index is 13.4. The number of likely N-dealkylation sites (N-methyl/N-ethyl adjacent to an activating group) is 1. The number of nitrogens with zero attached hydrogens (tertiary/aromatic N) is 4. The monoisotopic (exact) mass is 446 g/mol. The quantitative estimate of drug-likeness (QED) is 0.776. The van der Waals surface area contributed by atoms with Crippen molar-refractivity contribution in [2.75, 3.05) is 57.9 Å². The van der Waals surface area contributed by atoms with Gasteiger partial charge in [0.2, 0.25) is 5.91 Å². The van der Waals surface area contributed by atoms with Crippen LogP contribution >= 0.6 is 0 Å². The lowest BCUT2D eigenvalue weighted by Gasteiger charge is -2.45. The average Bonchev–Trinajstić information content (AvgIpc) is 3.30. The number of carbonyl (C=O) groups is 1. The van der Waals surface area contributed by atoms with Crippen LogP contribution in [0.3, 0.4) is 0 Å². The summed E-state index contributed by atoms with van der Waals surface area (Å²) >= 11 is 0. The Balaban J connectivity index is 1.51. The SMILES string of the molecule is CN1c2ccc(-c3cccc(C#N)c3)cc2[C@@H]2[C@@H](CCN2C(=O)CN2CCOCC2)[C@H]1CO. The third-order valence-corrected chi connectivity index (χ3v) is 7.46. The Labute approximate surface area is 194 Å². The van der Waals surface area contributed by atoms with Gasteiger partial charge >= 0.3 is 0 Å². The van der Waals surface area contributed by atoms with Gasteiger partial charge in [0.05, 0.1) is 50.1 Å². The third-order valence-electron chi connectivity index (χ3n) is 7.46. The molecule has 0 spiro atoms. The molecule has 7 heteroatoms. The summed E-state index contributed by atoms with van der Waals surface area (Å²) in [6.45, 7) is 4.09. The first-order valence-corrected chi connectivity index (χ1v) is 11.7. The van der Waals surface area contributed by atoms with Crippen molar-refractivity contribution in [1.29, 1.82) is 5.26 Å². The summed E-state index contributed by atoms with van der Waals surface area (Å²) < 4.78 is 5.43. The number of hydrogen-bond donors (Lipinski definition) is 1. The Morgan fingerprint density at radius 2 is 1.94 bits per heavy atom. The van der Waals surface area contributed by atoms with Crippen molar-refractivity contribution in [2.24, 2.45) is 5.92 Å². The van der Waals surface area contributed by atoms with Crippen molar-refractivity contribution < 1.29 is 14.6 Å². The lowest BCUT2D eigenvalue weighted by molar-refractivity contribution is -0.135. The summed E-state index contributed by atoms with van der Waals surface area (Å²) in [6, 6.07) is 16.1. The Bertz CT molecular complexity index is 1080. The second-order valence-corrected chi connectivity index (χ2v) is 9.20. The van der Waals surface area contributed by atoms with Crippen LogP contribution in [0.25, 0.3) is 11.1 Å². The second kappa shape index (κ2) is 9.14. The number of aliphatic hydroxyl groups excluding tert-OH is 1. The Morgan fingerprint density at radius 3 is 2.70 bits per heavy atom. The smallest absolute Gasteiger partial charge is 0.237 e. The minimum Gasteiger partial charge on any atom is -0.394 e. The van der Waals surface area contributed by atoms with Crippen molar-refractivity contribution in [2.45, 2.75) is 18.5 Å². The molecule has 0 bridgehead atoms. The van der Waals surface area contributed by atoms with Crippen LogP contribution in [0.4, 0.5) is 5.69 Å². The van der Waals surface area contributed by atoms with Crippen LogP contribution in [-0.2, 0) is 9.53 Å². The number of anilines is 1. The van der Waals surface area contributed by atoms with Gasteiger partial charge in [-0.2, -0.15) is 5.26 Å². The summed E-state index contributed by atoms with van der Waals surface area (Å²) in [5.41, 5.74) is 4.84. The minimum atomic E-state index is -0.0546.